The summed E-state index contributed by atoms with van der Waals surface area (Å²) in [7, 11) is 0. The molecule has 2 aliphatic rings. The van der Waals surface area contributed by atoms with Gasteiger partial charge in [-0.2, -0.15) is 0 Å². The number of aromatic nitrogens is 1. The predicted octanol–water partition coefficient (Wildman–Crippen LogP) is 5.16. The Morgan fingerprint density at radius 1 is 0.872 bits per heavy atom. The summed E-state index contributed by atoms with van der Waals surface area (Å²) in [4.78, 5) is 46.1. The van der Waals surface area contributed by atoms with Crippen LogP contribution in [0.2, 0.25) is 0 Å². The van der Waals surface area contributed by atoms with Crippen LogP contribution in [-0.4, -0.2) is 17.0 Å². The molecule has 0 N–H and O–H groups in total. The van der Waals surface area contributed by atoms with Gasteiger partial charge < -0.3 is 13.8 Å². The molecule has 2 amide bonds. The lowest BCUT2D eigenvalue weighted by Crippen LogP contribution is -2.53. The maximum Gasteiger partial charge on any atom is 0.297 e. The Kier molecular flexibility index (Phi) is 4.76. The first-order valence-electron chi connectivity index (χ1n) is 12.6. The molecule has 192 valence electrons. The monoisotopic (exact) mass is 517 g/mol. The van der Waals surface area contributed by atoms with E-state index in [1.165, 1.54) is 4.90 Å². The minimum Gasteiger partial charge on any atom is -0.450 e. The molecule has 8 nitrogen and oxygen atoms in total. The number of nitrogens with zero attached hydrogens (tertiary/aromatic N) is 3. The highest BCUT2D eigenvalue weighted by atomic mass is 16.5. The first kappa shape index (κ1) is 23.2. The fourth-order valence-electron chi connectivity index (χ4n) is 5.93. The maximum atomic E-state index is 14.8. The normalized spacial score (nSPS) is 17.9. The Bertz CT molecular complexity index is 1920. The quantitative estimate of drug-likeness (QED) is 0.328. The SMILES string of the molecule is Cc1cccc(CN2C(=O)C3(c4ccccc42)c2c(oc4ccc(C)cc4c2=O)C(=O)N3c2cc(C)on2)c1. The van der Waals surface area contributed by atoms with E-state index in [2.05, 4.69) is 5.16 Å². The molecule has 0 radical (unpaired) electrons. The van der Waals surface area contributed by atoms with Crippen molar-refractivity contribution in [3.05, 3.63) is 122 Å². The van der Waals surface area contributed by atoms with Crippen LogP contribution in [0.5, 0.6) is 0 Å². The number of carbonyl (C=O) groups is 2. The summed E-state index contributed by atoms with van der Waals surface area (Å²) in [5.74, 6) is -0.642. The number of amides is 2. The zero-order valence-corrected chi connectivity index (χ0v) is 21.5. The van der Waals surface area contributed by atoms with Crippen LogP contribution < -0.4 is 15.2 Å². The lowest BCUT2D eigenvalue weighted by molar-refractivity contribution is -0.121. The molecular formula is C31H23N3O5. The highest BCUT2D eigenvalue weighted by Gasteiger charge is 2.66. The van der Waals surface area contributed by atoms with Gasteiger partial charge >= 0.3 is 0 Å². The van der Waals surface area contributed by atoms with Gasteiger partial charge in [0, 0.05) is 11.6 Å². The van der Waals surface area contributed by atoms with Crippen LogP contribution in [0.3, 0.4) is 0 Å². The Morgan fingerprint density at radius 2 is 1.67 bits per heavy atom. The van der Waals surface area contributed by atoms with Gasteiger partial charge in [0.15, 0.2) is 16.8 Å². The number of anilines is 2. The van der Waals surface area contributed by atoms with Crippen molar-refractivity contribution in [3.8, 4) is 0 Å². The second-order valence-electron chi connectivity index (χ2n) is 10.2. The summed E-state index contributed by atoms with van der Waals surface area (Å²) >= 11 is 0. The topological polar surface area (TPSA) is 96.9 Å². The molecule has 1 spiro atoms. The lowest BCUT2D eigenvalue weighted by atomic mass is 9.84. The summed E-state index contributed by atoms with van der Waals surface area (Å²) in [5, 5.41) is 4.41. The van der Waals surface area contributed by atoms with Crippen molar-refractivity contribution in [2.24, 2.45) is 0 Å². The van der Waals surface area contributed by atoms with E-state index in [0.29, 0.717) is 22.4 Å². The minimum atomic E-state index is -1.81. The molecule has 0 aliphatic carbocycles. The van der Waals surface area contributed by atoms with Crippen molar-refractivity contribution in [2.45, 2.75) is 32.9 Å². The Labute approximate surface area is 223 Å². The highest BCUT2D eigenvalue weighted by molar-refractivity contribution is 6.24. The van der Waals surface area contributed by atoms with Crippen LogP contribution in [0, 0.1) is 20.8 Å². The fraction of sp³-hybridized carbons (Fsp3) is 0.161. The summed E-state index contributed by atoms with van der Waals surface area (Å²) in [6, 6.07) is 21.9. The molecular weight excluding hydrogens is 494 g/mol. The third-order valence-corrected chi connectivity index (χ3v) is 7.55. The van der Waals surface area contributed by atoms with E-state index in [4.69, 9.17) is 8.94 Å². The van der Waals surface area contributed by atoms with E-state index < -0.39 is 22.8 Å². The summed E-state index contributed by atoms with van der Waals surface area (Å²) < 4.78 is 11.4. The Hall–Kier alpha value is -4.98. The van der Waals surface area contributed by atoms with E-state index in [1.807, 2.05) is 56.3 Å². The van der Waals surface area contributed by atoms with Gasteiger partial charge in [0.25, 0.3) is 11.8 Å². The van der Waals surface area contributed by atoms with Crippen LogP contribution in [0.1, 0.15) is 44.1 Å². The highest BCUT2D eigenvalue weighted by Crippen LogP contribution is 2.54. The molecule has 0 fully saturated rings. The second-order valence-corrected chi connectivity index (χ2v) is 10.2. The number of rotatable bonds is 3. The molecule has 7 rings (SSSR count). The summed E-state index contributed by atoms with van der Waals surface area (Å²) in [6.45, 7) is 5.82. The molecule has 39 heavy (non-hydrogen) atoms. The van der Waals surface area contributed by atoms with Crippen LogP contribution in [0.15, 0.2) is 86.5 Å². The van der Waals surface area contributed by atoms with Gasteiger partial charge in [-0.05, 0) is 44.5 Å². The second kappa shape index (κ2) is 8.01. The van der Waals surface area contributed by atoms with Gasteiger partial charge in [-0.3, -0.25) is 19.3 Å². The number of para-hydroxylation sites is 1. The van der Waals surface area contributed by atoms with Gasteiger partial charge in [-0.25, -0.2) is 0 Å². The standard InChI is InChI=1S/C31H23N3O5/c1-17-7-6-8-20(13-17)16-33-23-10-5-4-9-22(23)31(30(33)37)26-27(35)21-14-18(2)11-12-24(21)38-28(26)29(36)34(31)25-15-19(3)39-32-25/h4-15H,16H2,1-3H3. The Balaban J connectivity index is 1.56. The predicted molar refractivity (Wildman–Crippen MR) is 145 cm³/mol. The molecule has 0 saturated carbocycles. The third kappa shape index (κ3) is 3.05. The van der Waals surface area contributed by atoms with E-state index >= 15 is 0 Å². The molecule has 5 aromatic rings. The van der Waals surface area contributed by atoms with Crippen LogP contribution in [0.25, 0.3) is 11.0 Å². The number of benzene rings is 3. The maximum absolute atomic E-state index is 14.8. The number of hydrogen-bond acceptors (Lipinski definition) is 6. The molecule has 1 atom stereocenters. The van der Waals surface area contributed by atoms with Crippen molar-refractivity contribution >= 4 is 34.3 Å². The molecule has 2 aliphatic heterocycles. The lowest BCUT2D eigenvalue weighted by Gasteiger charge is -2.32. The summed E-state index contributed by atoms with van der Waals surface area (Å²) in [6.07, 6.45) is 0. The van der Waals surface area contributed by atoms with Crippen molar-refractivity contribution in [1.29, 1.82) is 0 Å². The molecule has 4 heterocycles. The van der Waals surface area contributed by atoms with Crippen LogP contribution >= 0.6 is 0 Å². The van der Waals surface area contributed by atoms with Gasteiger partial charge in [0.05, 0.1) is 23.2 Å². The first-order valence-corrected chi connectivity index (χ1v) is 12.6. The third-order valence-electron chi connectivity index (χ3n) is 7.55. The zero-order chi connectivity index (χ0) is 27.1. The van der Waals surface area contributed by atoms with Crippen molar-refractivity contribution in [2.75, 3.05) is 9.80 Å². The molecule has 0 saturated heterocycles. The number of fused-ring (bicyclic) bond motifs is 5. The average molecular weight is 518 g/mol. The van der Waals surface area contributed by atoms with Gasteiger partial charge in [-0.15, -0.1) is 0 Å². The number of carbonyl (C=O) groups excluding carboxylic acids is 2. The van der Waals surface area contributed by atoms with E-state index in [9.17, 15) is 14.4 Å². The molecule has 8 heteroatoms. The zero-order valence-electron chi connectivity index (χ0n) is 21.5. The number of hydrogen-bond donors (Lipinski definition) is 0. The van der Waals surface area contributed by atoms with Gasteiger partial charge in [0.2, 0.25) is 5.76 Å². The van der Waals surface area contributed by atoms with Crippen molar-refractivity contribution in [3.63, 3.8) is 0 Å². The minimum absolute atomic E-state index is 0.00422. The van der Waals surface area contributed by atoms with Crippen molar-refractivity contribution < 1.29 is 18.5 Å². The smallest absolute Gasteiger partial charge is 0.297 e. The van der Waals surface area contributed by atoms with Crippen LogP contribution in [-0.2, 0) is 16.9 Å². The van der Waals surface area contributed by atoms with Crippen molar-refractivity contribution in [1.82, 2.24) is 5.16 Å². The van der Waals surface area contributed by atoms with Gasteiger partial charge in [0.1, 0.15) is 11.3 Å². The molecule has 2 aromatic heterocycles. The average Bonchev–Trinajstić information content (AvgIpc) is 3.53. The largest absolute Gasteiger partial charge is 0.450 e. The Morgan fingerprint density at radius 3 is 2.44 bits per heavy atom. The van der Waals surface area contributed by atoms with Crippen LogP contribution in [0.4, 0.5) is 11.5 Å². The van der Waals surface area contributed by atoms with E-state index in [-0.39, 0.29) is 29.3 Å². The van der Waals surface area contributed by atoms with Gasteiger partial charge in [-0.1, -0.05) is 64.8 Å². The summed E-state index contributed by atoms with van der Waals surface area (Å²) in [5.41, 5.74) is 2.00. The fourth-order valence-corrected chi connectivity index (χ4v) is 5.93. The number of aryl methyl sites for hydroxylation is 3. The van der Waals surface area contributed by atoms with E-state index in [1.54, 1.807) is 42.2 Å². The first-order chi connectivity index (χ1) is 18.8. The molecule has 0 bridgehead atoms. The van der Waals surface area contributed by atoms with E-state index in [0.717, 1.165) is 16.7 Å². The molecule has 3 aromatic carbocycles. The molecule has 1 unspecified atom stereocenters.